The van der Waals surface area contributed by atoms with Crippen molar-refractivity contribution in [3.05, 3.63) is 63.1 Å². The van der Waals surface area contributed by atoms with Crippen LogP contribution in [-0.2, 0) is 6.54 Å². The summed E-state index contributed by atoms with van der Waals surface area (Å²) in [5.41, 5.74) is 4.79. The fraction of sp³-hybridized carbons (Fsp3) is 0.200. The Hall–Kier alpha value is -1.18. The maximum Gasteiger partial charge on any atom is 0.0441 e. The van der Waals surface area contributed by atoms with E-state index in [1.807, 2.05) is 12.1 Å². The highest BCUT2D eigenvalue weighted by molar-refractivity contribution is 6.35. The Kier molecular flexibility index (Phi) is 4.15. The zero-order valence-electron chi connectivity index (χ0n) is 10.4. The molecule has 0 aromatic heterocycles. The Labute approximate surface area is 118 Å². The van der Waals surface area contributed by atoms with Crippen molar-refractivity contribution in [1.29, 1.82) is 0 Å². The molecule has 0 heterocycles. The van der Waals surface area contributed by atoms with Crippen LogP contribution in [0.4, 0.5) is 5.69 Å². The third-order valence-electron chi connectivity index (χ3n) is 2.93. The highest BCUT2D eigenvalue weighted by Gasteiger charge is 2.00. The molecule has 0 saturated heterocycles. The Morgan fingerprint density at radius 2 is 1.56 bits per heavy atom. The molecule has 0 spiro atoms. The van der Waals surface area contributed by atoms with E-state index < -0.39 is 0 Å². The number of nitrogens with one attached hydrogen (secondary N) is 1. The standard InChI is InChI=1S/C15H15Cl2N/c1-10-3-4-12(5-11(10)2)9-18-15-7-13(16)6-14(17)8-15/h3-8,18H,9H2,1-2H3. The zero-order valence-corrected chi connectivity index (χ0v) is 11.9. The molecule has 2 rings (SSSR count). The third kappa shape index (κ3) is 3.41. The molecule has 0 saturated carbocycles. The molecule has 0 radical (unpaired) electrons. The number of aryl methyl sites for hydroxylation is 2. The molecule has 0 bridgehead atoms. The summed E-state index contributed by atoms with van der Waals surface area (Å²) >= 11 is 11.9. The second-order valence-corrected chi connectivity index (χ2v) is 5.30. The van der Waals surface area contributed by atoms with Crippen molar-refractivity contribution < 1.29 is 0 Å². The van der Waals surface area contributed by atoms with Gasteiger partial charge in [-0.25, -0.2) is 0 Å². The molecule has 2 aromatic carbocycles. The first kappa shape index (κ1) is 13.3. The number of benzene rings is 2. The number of rotatable bonds is 3. The molecule has 0 aliphatic rings. The lowest BCUT2D eigenvalue weighted by atomic mass is 10.1. The summed E-state index contributed by atoms with van der Waals surface area (Å²) in [6.45, 7) is 5.00. The van der Waals surface area contributed by atoms with Crippen LogP contribution < -0.4 is 5.32 Å². The van der Waals surface area contributed by atoms with Crippen LogP contribution in [0.3, 0.4) is 0 Å². The van der Waals surface area contributed by atoms with E-state index in [0.29, 0.717) is 10.0 Å². The maximum atomic E-state index is 5.95. The summed E-state index contributed by atoms with van der Waals surface area (Å²) in [6, 6.07) is 11.9. The molecular formula is C15H15Cl2N. The minimum Gasteiger partial charge on any atom is -0.381 e. The minimum absolute atomic E-state index is 0.644. The summed E-state index contributed by atoms with van der Waals surface area (Å²) in [4.78, 5) is 0. The molecule has 1 N–H and O–H groups in total. The molecule has 3 heteroatoms. The summed E-state index contributed by atoms with van der Waals surface area (Å²) in [7, 11) is 0. The number of halogens is 2. The molecule has 1 nitrogen and oxygen atoms in total. The van der Waals surface area contributed by atoms with Crippen molar-refractivity contribution in [2.24, 2.45) is 0 Å². The quantitative estimate of drug-likeness (QED) is 0.812. The first-order chi connectivity index (χ1) is 8.54. The third-order valence-corrected chi connectivity index (χ3v) is 3.37. The SMILES string of the molecule is Cc1ccc(CNc2cc(Cl)cc(Cl)c2)cc1C. The average Bonchev–Trinajstić information content (AvgIpc) is 2.29. The van der Waals surface area contributed by atoms with Gasteiger partial charge in [0.2, 0.25) is 0 Å². The van der Waals surface area contributed by atoms with Crippen molar-refractivity contribution in [1.82, 2.24) is 0 Å². The lowest BCUT2D eigenvalue weighted by molar-refractivity contribution is 1.13. The highest BCUT2D eigenvalue weighted by Crippen LogP contribution is 2.23. The van der Waals surface area contributed by atoms with Crippen LogP contribution in [0, 0.1) is 13.8 Å². The average molecular weight is 280 g/mol. The molecule has 2 aromatic rings. The molecule has 0 unspecified atom stereocenters. The smallest absolute Gasteiger partial charge is 0.0441 e. The fourth-order valence-electron chi connectivity index (χ4n) is 1.77. The van der Waals surface area contributed by atoms with Crippen LogP contribution in [0.25, 0.3) is 0 Å². The van der Waals surface area contributed by atoms with Crippen molar-refractivity contribution in [3.8, 4) is 0 Å². The van der Waals surface area contributed by atoms with Gasteiger partial charge >= 0.3 is 0 Å². The first-order valence-electron chi connectivity index (χ1n) is 5.81. The summed E-state index contributed by atoms with van der Waals surface area (Å²) < 4.78 is 0. The Morgan fingerprint density at radius 1 is 0.889 bits per heavy atom. The van der Waals surface area contributed by atoms with Crippen molar-refractivity contribution in [2.45, 2.75) is 20.4 Å². The van der Waals surface area contributed by atoms with Crippen molar-refractivity contribution in [2.75, 3.05) is 5.32 Å². The van der Waals surface area contributed by atoms with E-state index in [9.17, 15) is 0 Å². The van der Waals surface area contributed by atoms with Gasteiger partial charge in [0.15, 0.2) is 0 Å². The Bertz CT molecular complexity index is 544. The lowest BCUT2D eigenvalue weighted by Crippen LogP contribution is -2.00. The molecule has 0 amide bonds. The van der Waals surface area contributed by atoms with Gasteiger partial charge in [0.1, 0.15) is 0 Å². The number of hydrogen-bond acceptors (Lipinski definition) is 1. The molecule has 18 heavy (non-hydrogen) atoms. The first-order valence-corrected chi connectivity index (χ1v) is 6.56. The summed E-state index contributed by atoms with van der Waals surface area (Å²) in [5, 5.41) is 4.61. The predicted molar refractivity (Wildman–Crippen MR) is 79.7 cm³/mol. The van der Waals surface area contributed by atoms with E-state index in [1.54, 1.807) is 6.07 Å². The molecule has 0 fully saturated rings. The van der Waals surface area contributed by atoms with Gasteiger partial charge in [-0.05, 0) is 48.7 Å². The zero-order chi connectivity index (χ0) is 13.1. The van der Waals surface area contributed by atoms with Gasteiger partial charge in [0, 0.05) is 22.3 Å². The van der Waals surface area contributed by atoms with Crippen LogP contribution >= 0.6 is 23.2 Å². The molecule has 0 aliphatic heterocycles. The summed E-state index contributed by atoms with van der Waals surface area (Å²) in [6.07, 6.45) is 0. The second-order valence-electron chi connectivity index (χ2n) is 4.43. The summed E-state index contributed by atoms with van der Waals surface area (Å²) in [5.74, 6) is 0. The van der Waals surface area contributed by atoms with Crippen LogP contribution in [0.1, 0.15) is 16.7 Å². The number of hydrogen-bond donors (Lipinski definition) is 1. The van der Waals surface area contributed by atoms with E-state index in [4.69, 9.17) is 23.2 Å². The normalized spacial score (nSPS) is 10.4. The topological polar surface area (TPSA) is 12.0 Å². The van der Waals surface area contributed by atoms with E-state index in [0.717, 1.165) is 12.2 Å². The second kappa shape index (κ2) is 5.64. The van der Waals surface area contributed by atoms with Gasteiger partial charge in [-0.2, -0.15) is 0 Å². The molecule has 0 aliphatic carbocycles. The van der Waals surface area contributed by atoms with E-state index in [-0.39, 0.29) is 0 Å². The van der Waals surface area contributed by atoms with Gasteiger partial charge in [-0.3, -0.25) is 0 Å². The van der Waals surface area contributed by atoms with Gasteiger partial charge < -0.3 is 5.32 Å². The van der Waals surface area contributed by atoms with Gasteiger partial charge in [-0.15, -0.1) is 0 Å². The van der Waals surface area contributed by atoms with Gasteiger partial charge in [-0.1, -0.05) is 41.4 Å². The predicted octanol–water partition coefficient (Wildman–Crippen LogP) is 5.22. The van der Waals surface area contributed by atoms with Gasteiger partial charge in [0.05, 0.1) is 0 Å². The highest BCUT2D eigenvalue weighted by atomic mass is 35.5. The van der Waals surface area contributed by atoms with Crippen molar-refractivity contribution >= 4 is 28.9 Å². The van der Waals surface area contributed by atoms with E-state index in [1.165, 1.54) is 16.7 Å². The Morgan fingerprint density at radius 3 is 2.17 bits per heavy atom. The molecular weight excluding hydrogens is 265 g/mol. The minimum atomic E-state index is 0.644. The maximum absolute atomic E-state index is 5.95. The fourth-order valence-corrected chi connectivity index (χ4v) is 2.30. The largest absolute Gasteiger partial charge is 0.381 e. The van der Waals surface area contributed by atoms with Gasteiger partial charge in [0.25, 0.3) is 0 Å². The molecule has 94 valence electrons. The monoisotopic (exact) mass is 279 g/mol. The van der Waals surface area contributed by atoms with Crippen LogP contribution in [0.15, 0.2) is 36.4 Å². The van der Waals surface area contributed by atoms with Crippen molar-refractivity contribution in [3.63, 3.8) is 0 Å². The van der Waals surface area contributed by atoms with E-state index >= 15 is 0 Å². The van der Waals surface area contributed by atoms with Crippen LogP contribution in [0.2, 0.25) is 10.0 Å². The number of anilines is 1. The molecule has 0 atom stereocenters. The lowest BCUT2D eigenvalue weighted by Gasteiger charge is -2.09. The van der Waals surface area contributed by atoms with E-state index in [2.05, 4.69) is 37.4 Å². The van der Waals surface area contributed by atoms with Crippen LogP contribution in [-0.4, -0.2) is 0 Å². The Balaban J connectivity index is 2.08. The van der Waals surface area contributed by atoms with Crippen LogP contribution in [0.5, 0.6) is 0 Å².